The number of nitrogens with one attached hydrogen (secondary N) is 1. The van der Waals surface area contributed by atoms with Gasteiger partial charge in [-0.15, -0.1) is 0 Å². The van der Waals surface area contributed by atoms with Gasteiger partial charge in [0.05, 0.1) is 13.7 Å². The van der Waals surface area contributed by atoms with Crippen molar-refractivity contribution < 1.29 is 19.0 Å². The van der Waals surface area contributed by atoms with Gasteiger partial charge in [-0.05, 0) is 19.1 Å². The van der Waals surface area contributed by atoms with E-state index < -0.39 is 0 Å². The predicted molar refractivity (Wildman–Crippen MR) is 70.5 cm³/mol. The van der Waals surface area contributed by atoms with E-state index in [2.05, 4.69) is 5.32 Å². The van der Waals surface area contributed by atoms with Crippen LogP contribution in [0.2, 0.25) is 0 Å². The average Bonchev–Trinajstić information content (AvgIpc) is 2.87. The van der Waals surface area contributed by atoms with Crippen molar-refractivity contribution in [3.05, 3.63) is 24.3 Å². The summed E-state index contributed by atoms with van der Waals surface area (Å²) in [4.78, 5) is 11.4. The summed E-state index contributed by atoms with van der Waals surface area (Å²) >= 11 is 0. The topological polar surface area (TPSA) is 56.8 Å². The smallest absolute Gasteiger partial charge is 0.323 e. The van der Waals surface area contributed by atoms with Crippen LogP contribution in [-0.4, -0.2) is 38.4 Å². The second kappa shape index (κ2) is 6.43. The molecule has 0 radical (unpaired) electrons. The fraction of sp³-hybridized carbons (Fsp3) is 0.500. The number of ether oxygens (including phenoxy) is 3. The van der Waals surface area contributed by atoms with Crippen molar-refractivity contribution in [3.63, 3.8) is 0 Å². The number of esters is 1. The predicted octanol–water partition coefficient (Wildman–Crippen LogP) is 1.37. The molecule has 1 saturated heterocycles. The minimum absolute atomic E-state index is 0.0269. The van der Waals surface area contributed by atoms with Crippen LogP contribution in [0.1, 0.15) is 13.3 Å². The fourth-order valence-electron chi connectivity index (χ4n) is 2.11. The minimum Gasteiger partial charge on any atom is -0.494 e. The summed E-state index contributed by atoms with van der Waals surface area (Å²) in [5.41, 5.74) is 0. The van der Waals surface area contributed by atoms with Crippen molar-refractivity contribution in [2.24, 2.45) is 0 Å². The summed E-state index contributed by atoms with van der Waals surface area (Å²) in [6.07, 6.45) is 0.590. The summed E-state index contributed by atoms with van der Waals surface area (Å²) in [6.45, 7) is 3.20. The monoisotopic (exact) mass is 265 g/mol. The molecule has 19 heavy (non-hydrogen) atoms. The van der Waals surface area contributed by atoms with Crippen molar-refractivity contribution in [3.8, 4) is 11.5 Å². The zero-order chi connectivity index (χ0) is 13.7. The maximum atomic E-state index is 11.4. The molecule has 0 amide bonds. The van der Waals surface area contributed by atoms with Crippen LogP contribution in [0.5, 0.6) is 11.5 Å². The number of hydrogen-bond acceptors (Lipinski definition) is 5. The molecule has 1 aromatic rings. The lowest BCUT2D eigenvalue weighted by Gasteiger charge is -2.13. The van der Waals surface area contributed by atoms with E-state index in [1.807, 2.05) is 31.2 Å². The molecule has 1 N–H and O–H groups in total. The summed E-state index contributed by atoms with van der Waals surface area (Å²) in [5.74, 6) is 1.30. The SMILES string of the molecule is CCOc1cccc(O[C@@H]2CN[C@H](C(=O)OC)C2)c1. The average molecular weight is 265 g/mol. The molecule has 0 aromatic heterocycles. The Morgan fingerprint density at radius 1 is 1.42 bits per heavy atom. The molecule has 0 saturated carbocycles. The molecule has 0 aliphatic carbocycles. The van der Waals surface area contributed by atoms with Crippen molar-refractivity contribution in [1.82, 2.24) is 5.32 Å². The van der Waals surface area contributed by atoms with Crippen LogP contribution in [0.4, 0.5) is 0 Å². The molecule has 5 heteroatoms. The summed E-state index contributed by atoms with van der Waals surface area (Å²) < 4.78 is 16.0. The van der Waals surface area contributed by atoms with Gasteiger partial charge in [-0.2, -0.15) is 0 Å². The van der Waals surface area contributed by atoms with Crippen LogP contribution in [-0.2, 0) is 9.53 Å². The van der Waals surface area contributed by atoms with Crippen LogP contribution in [0.25, 0.3) is 0 Å². The van der Waals surface area contributed by atoms with Gasteiger partial charge in [-0.3, -0.25) is 4.79 Å². The van der Waals surface area contributed by atoms with E-state index in [0.717, 1.165) is 11.5 Å². The summed E-state index contributed by atoms with van der Waals surface area (Å²) in [7, 11) is 1.39. The molecule has 0 spiro atoms. The first kappa shape index (κ1) is 13.7. The molecule has 2 atom stereocenters. The van der Waals surface area contributed by atoms with Gasteiger partial charge in [0.25, 0.3) is 0 Å². The highest BCUT2D eigenvalue weighted by atomic mass is 16.5. The Hall–Kier alpha value is -1.75. The Labute approximate surface area is 112 Å². The first-order chi connectivity index (χ1) is 9.22. The molecule has 1 aliphatic rings. The number of methoxy groups -OCH3 is 1. The fourth-order valence-corrected chi connectivity index (χ4v) is 2.11. The first-order valence-corrected chi connectivity index (χ1v) is 6.43. The third-order valence-corrected chi connectivity index (χ3v) is 3.00. The number of rotatable bonds is 5. The lowest BCUT2D eigenvalue weighted by molar-refractivity contribution is -0.142. The summed E-state index contributed by atoms with van der Waals surface area (Å²) in [6, 6.07) is 7.24. The van der Waals surface area contributed by atoms with Gasteiger partial charge in [-0.1, -0.05) is 6.07 Å². The van der Waals surface area contributed by atoms with Crippen LogP contribution < -0.4 is 14.8 Å². The van der Waals surface area contributed by atoms with Crippen LogP contribution in [0.15, 0.2) is 24.3 Å². The third-order valence-electron chi connectivity index (χ3n) is 3.00. The molecule has 1 fully saturated rings. The van der Waals surface area contributed by atoms with Gasteiger partial charge in [0.15, 0.2) is 0 Å². The quantitative estimate of drug-likeness (QED) is 0.815. The van der Waals surface area contributed by atoms with Crippen molar-refractivity contribution in [2.45, 2.75) is 25.5 Å². The Bertz CT molecular complexity index is 435. The first-order valence-electron chi connectivity index (χ1n) is 6.43. The largest absolute Gasteiger partial charge is 0.494 e. The van der Waals surface area contributed by atoms with E-state index in [1.165, 1.54) is 7.11 Å². The molecule has 5 nitrogen and oxygen atoms in total. The van der Waals surface area contributed by atoms with Gasteiger partial charge in [0.2, 0.25) is 0 Å². The van der Waals surface area contributed by atoms with Crippen molar-refractivity contribution in [2.75, 3.05) is 20.3 Å². The lowest BCUT2D eigenvalue weighted by atomic mass is 10.2. The van der Waals surface area contributed by atoms with Gasteiger partial charge >= 0.3 is 5.97 Å². The molecule has 0 bridgehead atoms. The highest BCUT2D eigenvalue weighted by Gasteiger charge is 2.31. The number of carbonyl (C=O) groups excluding carboxylic acids is 1. The Morgan fingerprint density at radius 2 is 2.21 bits per heavy atom. The Balaban J connectivity index is 1.91. The molecule has 104 valence electrons. The van der Waals surface area contributed by atoms with Gasteiger partial charge in [-0.25, -0.2) is 0 Å². The van der Waals surface area contributed by atoms with Gasteiger partial charge < -0.3 is 19.5 Å². The maximum Gasteiger partial charge on any atom is 0.323 e. The molecule has 1 aliphatic heterocycles. The highest BCUT2D eigenvalue weighted by Crippen LogP contribution is 2.22. The van der Waals surface area contributed by atoms with E-state index in [0.29, 0.717) is 19.6 Å². The van der Waals surface area contributed by atoms with E-state index >= 15 is 0 Å². The molecular formula is C14H19NO4. The molecule has 2 rings (SSSR count). The van der Waals surface area contributed by atoms with E-state index in [-0.39, 0.29) is 18.1 Å². The number of benzene rings is 1. The van der Waals surface area contributed by atoms with E-state index in [1.54, 1.807) is 0 Å². The van der Waals surface area contributed by atoms with E-state index in [9.17, 15) is 4.79 Å². The number of carbonyl (C=O) groups is 1. The Kier molecular flexibility index (Phi) is 4.63. The molecule has 1 aromatic carbocycles. The number of hydrogen-bond donors (Lipinski definition) is 1. The zero-order valence-electron chi connectivity index (χ0n) is 11.2. The van der Waals surface area contributed by atoms with Crippen LogP contribution in [0.3, 0.4) is 0 Å². The molecule has 0 unspecified atom stereocenters. The van der Waals surface area contributed by atoms with Gasteiger partial charge in [0.1, 0.15) is 23.6 Å². The normalized spacial score (nSPS) is 22.0. The maximum absolute atomic E-state index is 11.4. The minimum atomic E-state index is -0.273. The molecule has 1 heterocycles. The second-order valence-corrected chi connectivity index (χ2v) is 4.37. The van der Waals surface area contributed by atoms with Crippen LogP contribution >= 0.6 is 0 Å². The van der Waals surface area contributed by atoms with E-state index in [4.69, 9.17) is 14.2 Å². The van der Waals surface area contributed by atoms with Gasteiger partial charge in [0, 0.05) is 19.0 Å². The van der Waals surface area contributed by atoms with Crippen molar-refractivity contribution in [1.29, 1.82) is 0 Å². The summed E-state index contributed by atoms with van der Waals surface area (Å²) in [5, 5.41) is 3.09. The third kappa shape index (κ3) is 3.61. The van der Waals surface area contributed by atoms with Crippen molar-refractivity contribution >= 4 is 5.97 Å². The zero-order valence-corrected chi connectivity index (χ0v) is 11.2. The second-order valence-electron chi connectivity index (χ2n) is 4.37. The Morgan fingerprint density at radius 3 is 2.95 bits per heavy atom. The van der Waals surface area contributed by atoms with Crippen LogP contribution in [0, 0.1) is 0 Å². The molecular weight excluding hydrogens is 246 g/mol. The lowest BCUT2D eigenvalue weighted by Crippen LogP contribution is -2.31. The standard InChI is InChI=1S/C14H19NO4/c1-3-18-10-5-4-6-11(7-10)19-12-8-13(15-9-12)14(16)17-2/h4-7,12-13,15H,3,8-9H2,1-2H3/t12-,13-/m0/s1. The highest BCUT2D eigenvalue weighted by molar-refractivity contribution is 5.76.